The molecule has 0 unspecified atom stereocenters. The molecule has 4 aromatic rings. The van der Waals surface area contributed by atoms with Gasteiger partial charge in [-0.05, 0) is 53.1 Å². The average Bonchev–Trinajstić information content (AvgIpc) is 3.49. The van der Waals surface area contributed by atoms with Crippen molar-refractivity contribution in [2.75, 3.05) is 5.32 Å². The van der Waals surface area contributed by atoms with Crippen molar-refractivity contribution in [2.24, 2.45) is 5.92 Å². The van der Waals surface area contributed by atoms with Gasteiger partial charge in [0, 0.05) is 29.9 Å². The lowest BCUT2D eigenvalue weighted by atomic mass is 9.62. The van der Waals surface area contributed by atoms with Gasteiger partial charge in [0.1, 0.15) is 17.2 Å². The molecule has 42 heavy (non-hydrogen) atoms. The van der Waals surface area contributed by atoms with Gasteiger partial charge in [0.25, 0.3) is 0 Å². The van der Waals surface area contributed by atoms with E-state index in [1.807, 2.05) is 71.8 Å². The fourth-order valence-electron chi connectivity index (χ4n) is 6.97. The van der Waals surface area contributed by atoms with Gasteiger partial charge in [-0.15, -0.1) is 0 Å². The molecule has 7 heteroatoms. The molecule has 3 aliphatic heterocycles. The summed E-state index contributed by atoms with van der Waals surface area (Å²) in [4.78, 5) is 57.1. The molecule has 1 saturated heterocycles. The number of fused-ring (bicyclic) bond motifs is 6. The molecule has 7 nitrogen and oxygen atoms in total. The zero-order valence-corrected chi connectivity index (χ0v) is 22.7. The number of carbonyl (C=O) groups is 4. The third-order valence-electron chi connectivity index (χ3n) is 8.58. The van der Waals surface area contributed by atoms with Crippen molar-refractivity contribution in [3.05, 3.63) is 137 Å². The van der Waals surface area contributed by atoms with Crippen molar-refractivity contribution in [3.8, 4) is 5.75 Å². The maximum absolute atomic E-state index is 14.7. The zero-order valence-electron chi connectivity index (χ0n) is 22.7. The topological polar surface area (TPSA) is 92.8 Å². The molecule has 7 rings (SSSR count). The van der Waals surface area contributed by atoms with Crippen LogP contribution in [-0.2, 0) is 15.0 Å². The second-order valence-corrected chi connectivity index (χ2v) is 10.8. The highest BCUT2D eigenvalue weighted by molar-refractivity contribution is 6.16. The SMILES string of the molecule is CC(=O)Oc1ccc(C(=O)[C@@H]2[C@H](C(=O)c3ccccc3)[C@@]3(C(=O)Nc4ccccc43)[C@@H]3c4ccccc4C=CN23)cc1. The summed E-state index contributed by atoms with van der Waals surface area (Å²) in [6, 6.07) is 28.8. The van der Waals surface area contributed by atoms with Crippen LogP contribution in [0, 0.1) is 5.92 Å². The standard InChI is InChI=1S/C35H26N2O5/c1-21(38)42-25-17-15-24(16-18-25)32(40)30-29(31(39)23-10-3-2-4-11-23)35(27-13-7-8-14-28(27)36-34(35)41)33-26-12-6-5-9-22(26)19-20-37(30)33/h2-20,29-30,33H,1H3,(H,36,41)/t29-,30+,33+,35-/m1/s1. The summed E-state index contributed by atoms with van der Waals surface area (Å²) in [6.45, 7) is 1.31. The van der Waals surface area contributed by atoms with Gasteiger partial charge >= 0.3 is 5.97 Å². The van der Waals surface area contributed by atoms with E-state index in [1.54, 1.807) is 48.5 Å². The lowest BCUT2D eigenvalue weighted by Crippen LogP contribution is -2.49. The number of hydrogen-bond donors (Lipinski definition) is 1. The van der Waals surface area contributed by atoms with Crippen LogP contribution in [0.5, 0.6) is 5.75 Å². The van der Waals surface area contributed by atoms with Crippen LogP contribution in [0.3, 0.4) is 0 Å². The van der Waals surface area contributed by atoms with Crippen molar-refractivity contribution < 1.29 is 23.9 Å². The molecule has 0 radical (unpaired) electrons. The Morgan fingerprint density at radius 2 is 1.45 bits per heavy atom. The molecule has 0 bridgehead atoms. The first-order valence-electron chi connectivity index (χ1n) is 13.8. The second-order valence-electron chi connectivity index (χ2n) is 10.8. The van der Waals surface area contributed by atoms with Gasteiger partial charge in [0.05, 0.1) is 12.0 Å². The highest BCUT2D eigenvalue weighted by Crippen LogP contribution is 2.62. The normalized spacial score (nSPS) is 23.1. The number of benzene rings is 4. The monoisotopic (exact) mass is 554 g/mol. The largest absolute Gasteiger partial charge is 0.427 e. The van der Waals surface area contributed by atoms with Gasteiger partial charge in [-0.25, -0.2) is 0 Å². The number of amides is 1. The fraction of sp³-hybridized carbons (Fsp3) is 0.143. The van der Waals surface area contributed by atoms with E-state index < -0.39 is 29.4 Å². The molecule has 1 amide bonds. The molecule has 0 saturated carbocycles. The van der Waals surface area contributed by atoms with E-state index in [-0.39, 0.29) is 17.5 Å². The Bertz CT molecular complexity index is 1800. The van der Waals surface area contributed by atoms with Crippen LogP contribution in [0.15, 0.2) is 109 Å². The summed E-state index contributed by atoms with van der Waals surface area (Å²) in [7, 11) is 0. The molecule has 0 aliphatic carbocycles. The lowest BCUT2D eigenvalue weighted by molar-refractivity contribution is -0.131. The van der Waals surface area contributed by atoms with Crippen molar-refractivity contribution in [2.45, 2.75) is 24.4 Å². The Morgan fingerprint density at radius 3 is 2.21 bits per heavy atom. The number of carbonyl (C=O) groups excluding carboxylic acids is 4. The van der Waals surface area contributed by atoms with Gasteiger partial charge in [0.2, 0.25) is 5.91 Å². The number of hydrogen-bond acceptors (Lipinski definition) is 6. The first kappa shape index (κ1) is 25.7. The van der Waals surface area contributed by atoms with E-state index in [9.17, 15) is 19.2 Å². The van der Waals surface area contributed by atoms with E-state index in [2.05, 4.69) is 5.32 Å². The summed E-state index contributed by atoms with van der Waals surface area (Å²) >= 11 is 0. The minimum atomic E-state index is -1.39. The number of para-hydroxylation sites is 1. The highest BCUT2D eigenvalue weighted by Gasteiger charge is 2.70. The molecule has 4 atom stereocenters. The third-order valence-corrected chi connectivity index (χ3v) is 8.58. The summed E-state index contributed by atoms with van der Waals surface area (Å²) in [5.74, 6) is -2.10. The maximum Gasteiger partial charge on any atom is 0.308 e. The molecule has 1 spiro atoms. The molecule has 3 heterocycles. The Balaban J connectivity index is 1.48. The van der Waals surface area contributed by atoms with Crippen LogP contribution in [0.25, 0.3) is 6.08 Å². The van der Waals surface area contributed by atoms with Gasteiger partial charge in [-0.2, -0.15) is 0 Å². The number of anilines is 1. The van der Waals surface area contributed by atoms with Crippen molar-refractivity contribution in [1.82, 2.24) is 4.90 Å². The van der Waals surface area contributed by atoms with Crippen LogP contribution in [0.4, 0.5) is 5.69 Å². The number of Topliss-reactive ketones (excluding diaryl/α,β-unsaturated/α-hetero) is 2. The lowest BCUT2D eigenvalue weighted by Gasteiger charge is -2.38. The van der Waals surface area contributed by atoms with E-state index >= 15 is 0 Å². The van der Waals surface area contributed by atoms with E-state index in [1.165, 1.54) is 6.92 Å². The van der Waals surface area contributed by atoms with Crippen LogP contribution < -0.4 is 10.1 Å². The van der Waals surface area contributed by atoms with E-state index in [0.29, 0.717) is 28.1 Å². The number of ketones is 2. The minimum Gasteiger partial charge on any atom is -0.427 e. The van der Waals surface area contributed by atoms with Crippen LogP contribution in [0.1, 0.15) is 50.4 Å². The van der Waals surface area contributed by atoms with Crippen molar-refractivity contribution >= 4 is 35.2 Å². The first-order valence-corrected chi connectivity index (χ1v) is 13.8. The quantitative estimate of drug-likeness (QED) is 0.196. The molecule has 3 aliphatic rings. The van der Waals surface area contributed by atoms with Crippen LogP contribution in [-0.4, -0.2) is 34.4 Å². The molecule has 4 aromatic carbocycles. The predicted molar refractivity (Wildman–Crippen MR) is 157 cm³/mol. The fourth-order valence-corrected chi connectivity index (χ4v) is 6.97. The van der Waals surface area contributed by atoms with Gasteiger partial charge in [-0.3, -0.25) is 19.2 Å². The summed E-state index contributed by atoms with van der Waals surface area (Å²) in [6.07, 6.45) is 3.77. The number of rotatable bonds is 5. The Hall–Kier alpha value is -5.30. The first-order chi connectivity index (χ1) is 20.4. The van der Waals surface area contributed by atoms with Gasteiger partial charge < -0.3 is 15.0 Å². The summed E-state index contributed by atoms with van der Waals surface area (Å²) in [5, 5.41) is 3.05. The Kier molecular flexibility index (Phi) is 5.90. The third kappa shape index (κ3) is 3.66. The summed E-state index contributed by atoms with van der Waals surface area (Å²) in [5.41, 5.74) is 2.53. The number of nitrogens with zero attached hydrogens (tertiary/aromatic N) is 1. The maximum atomic E-state index is 14.7. The molecule has 1 N–H and O–H groups in total. The molecular formula is C35H26N2O5. The molecular weight excluding hydrogens is 528 g/mol. The predicted octanol–water partition coefficient (Wildman–Crippen LogP) is 5.59. The average molecular weight is 555 g/mol. The zero-order chi connectivity index (χ0) is 29.0. The van der Waals surface area contributed by atoms with E-state index in [0.717, 1.165) is 11.1 Å². The number of nitrogens with one attached hydrogen (secondary N) is 1. The molecule has 1 fully saturated rings. The second kappa shape index (κ2) is 9.66. The van der Waals surface area contributed by atoms with Gasteiger partial charge in [-0.1, -0.05) is 72.8 Å². The van der Waals surface area contributed by atoms with Crippen molar-refractivity contribution in [3.63, 3.8) is 0 Å². The van der Waals surface area contributed by atoms with Gasteiger partial charge in [0.15, 0.2) is 11.6 Å². The molecule has 0 aromatic heterocycles. The van der Waals surface area contributed by atoms with Crippen LogP contribution >= 0.6 is 0 Å². The Labute approximate surface area is 242 Å². The molecule has 206 valence electrons. The smallest absolute Gasteiger partial charge is 0.308 e. The van der Waals surface area contributed by atoms with E-state index in [4.69, 9.17) is 4.74 Å². The highest BCUT2D eigenvalue weighted by atomic mass is 16.5. The number of esters is 1. The van der Waals surface area contributed by atoms with Crippen LogP contribution in [0.2, 0.25) is 0 Å². The number of ether oxygens (including phenoxy) is 1. The van der Waals surface area contributed by atoms with Crippen molar-refractivity contribution in [1.29, 1.82) is 0 Å². The minimum absolute atomic E-state index is 0.280. The Morgan fingerprint density at radius 1 is 0.786 bits per heavy atom. The summed E-state index contributed by atoms with van der Waals surface area (Å²) < 4.78 is 5.17.